The Morgan fingerprint density at radius 3 is 2.93 bits per heavy atom. The summed E-state index contributed by atoms with van der Waals surface area (Å²) < 4.78 is 8.08. The van der Waals surface area contributed by atoms with E-state index in [1.807, 2.05) is 18.5 Å². The highest BCUT2D eigenvalue weighted by molar-refractivity contribution is 14.0. The number of guanidine groups is 1. The van der Waals surface area contributed by atoms with E-state index in [4.69, 9.17) is 9.73 Å². The highest BCUT2D eigenvalue weighted by atomic mass is 127. The average Bonchev–Trinajstić information content (AvgIpc) is 3.40. The van der Waals surface area contributed by atoms with E-state index in [-0.39, 0.29) is 24.0 Å². The highest BCUT2D eigenvalue weighted by Gasteiger charge is 2.66. The lowest BCUT2D eigenvalue weighted by atomic mass is 9.46. The first-order valence-electron chi connectivity index (χ1n) is 10.7. The molecule has 0 aromatic carbocycles. The minimum absolute atomic E-state index is 0. The molecule has 1 spiro atoms. The van der Waals surface area contributed by atoms with Gasteiger partial charge in [-0.25, -0.2) is 4.99 Å². The maximum Gasteiger partial charge on any atom is 0.191 e. The van der Waals surface area contributed by atoms with E-state index in [0.717, 1.165) is 43.6 Å². The molecule has 3 atom stereocenters. The number of aryl methyl sites for hydroxylation is 1. The van der Waals surface area contributed by atoms with E-state index in [9.17, 15) is 0 Å². The Bertz CT molecular complexity index is 878. The molecule has 0 bridgehead atoms. The van der Waals surface area contributed by atoms with Crippen LogP contribution in [0.25, 0.3) is 0 Å². The maximum absolute atomic E-state index is 6.08. The lowest BCUT2D eigenvalue weighted by molar-refractivity contribution is -0.171. The number of hydrogen-bond acceptors (Lipinski definition) is 5. The van der Waals surface area contributed by atoms with E-state index >= 15 is 0 Å². The van der Waals surface area contributed by atoms with Gasteiger partial charge in [0, 0.05) is 42.5 Å². The predicted octanol–water partition coefficient (Wildman–Crippen LogP) is 3.04. The maximum atomic E-state index is 6.08. The molecule has 2 saturated carbocycles. The van der Waals surface area contributed by atoms with Crippen molar-refractivity contribution in [1.82, 2.24) is 25.4 Å². The number of aliphatic imine (C=N–C) groups is 1. The molecular weight excluding hydrogens is 511 g/mol. The third-order valence-electron chi connectivity index (χ3n) is 7.13. The fraction of sp³-hybridized carbons (Fsp3) is 0.667. The SMILES string of the molecule is Cc1nnc(CN=C(NCCc2cccs2)NC2C3CCOC3C23CCC3)n1C.I. The van der Waals surface area contributed by atoms with Crippen LogP contribution in [0.5, 0.6) is 0 Å². The molecule has 3 unspecified atom stereocenters. The van der Waals surface area contributed by atoms with Crippen LogP contribution in [0.1, 0.15) is 42.2 Å². The molecule has 5 rings (SSSR count). The van der Waals surface area contributed by atoms with Crippen molar-refractivity contribution in [2.24, 2.45) is 23.4 Å². The molecule has 3 fully saturated rings. The molecule has 7 nitrogen and oxygen atoms in total. The van der Waals surface area contributed by atoms with Gasteiger partial charge in [0.15, 0.2) is 11.8 Å². The molecule has 2 aromatic heterocycles. The van der Waals surface area contributed by atoms with E-state index in [1.54, 1.807) is 11.3 Å². The number of halogens is 1. The molecule has 0 amide bonds. The van der Waals surface area contributed by atoms with Gasteiger partial charge in [0.05, 0.1) is 6.10 Å². The van der Waals surface area contributed by atoms with Crippen molar-refractivity contribution < 1.29 is 4.74 Å². The van der Waals surface area contributed by atoms with Crippen LogP contribution < -0.4 is 10.6 Å². The first-order chi connectivity index (χ1) is 14.2. The van der Waals surface area contributed by atoms with Gasteiger partial charge in [-0.1, -0.05) is 12.5 Å². The van der Waals surface area contributed by atoms with Gasteiger partial charge in [-0.3, -0.25) is 0 Å². The number of fused-ring (bicyclic) bond motifs is 2. The number of nitrogens with one attached hydrogen (secondary N) is 2. The molecular formula is C21H31IN6OS. The summed E-state index contributed by atoms with van der Waals surface area (Å²) in [6, 6.07) is 4.77. The second-order valence-electron chi connectivity index (χ2n) is 8.60. The molecule has 164 valence electrons. The highest BCUT2D eigenvalue weighted by Crippen LogP contribution is 2.62. The zero-order valence-electron chi connectivity index (χ0n) is 17.6. The van der Waals surface area contributed by atoms with Crippen molar-refractivity contribution in [3.63, 3.8) is 0 Å². The fourth-order valence-electron chi connectivity index (χ4n) is 5.25. The first-order valence-corrected chi connectivity index (χ1v) is 11.6. The van der Waals surface area contributed by atoms with Crippen LogP contribution >= 0.6 is 35.3 Å². The van der Waals surface area contributed by atoms with E-state index in [2.05, 4.69) is 38.3 Å². The normalized spacial score (nSPS) is 26.5. The molecule has 3 aliphatic rings. The van der Waals surface area contributed by atoms with Crippen LogP contribution in [-0.2, 0) is 24.8 Å². The molecule has 1 aliphatic heterocycles. The molecule has 2 N–H and O–H groups in total. The van der Waals surface area contributed by atoms with Crippen molar-refractivity contribution in [1.29, 1.82) is 0 Å². The van der Waals surface area contributed by atoms with Crippen molar-refractivity contribution in [3.8, 4) is 0 Å². The summed E-state index contributed by atoms with van der Waals surface area (Å²) in [7, 11) is 1.99. The third-order valence-corrected chi connectivity index (χ3v) is 8.07. The molecule has 1 saturated heterocycles. The topological polar surface area (TPSA) is 76.4 Å². The lowest BCUT2D eigenvalue weighted by Gasteiger charge is -2.63. The summed E-state index contributed by atoms with van der Waals surface area (Å²) in [5.41, 5.74) is 0.332. The van der Waals surface area contributed by atoms with Gasteiger partial charge < -0.3 is 19.9 Å². The van der Waals surface area contributed by atoms with E-state index in [1.165, 1.54) is 24.1 Å². The van der Waals surface area contributed by atoms with Gasteiger partial charge >= 0.3 is 0 Å². The van der Waals surface area contributed by atoms with E-state index < -0.39 is 0 Å². The Labute approximate surface area is 199 Å². The summed E-state index contributed by atoms with van der Waals surface area (Å²) in [5.74, 6) is 3.31. The van der Waals surface area contributed by atoms with Gasteiger partial charge in [-0.15, -0.1) is 45.5 Å². The van der Waals surface area contributed by atoms with Crippen molar-refractivity contribution in [2.75, 3.05) is 13.2 Å². The predicted molar refractivity (Wildman–Crippen MR) is 129 cm³/mol. The second kappa shape index (κ2) is 9.12. The molecule has 2 aliphatic carbocycles. The average molecular weight is 542 g/mol. The van der Waals surface area contributed by atoms with Gasteiger partial charge in [-0.2, -0.15) is 0 Å². The summed E-state index contributed by atoms with van der Waals surface area (Å²) in [6.45, 7) is 4.27. The molecule has 2 aromatic rings. The Hall–Kier alpha value is -1.20. The summed E-state index contributed by atoms with van der Waals surface area (Å²) in [4.78, 5) is 6.27. The third kappa shape index (κ3) is 3.88. The van der Waals surface area contributed by atoms with Crippen molar-refractivity contribution >= 4 is 41.3 Å². The number of hydrogen-bond donors (Lipinski definition) is 2. The van der Waals surface area contributed by atoms with Gasteiger partial charge in [-0.05, 0) is 44.1 Å². The summed E-state index contributed by atoms with van der Waals surface area (Å²) >= 11 is 1.81. The number of thiophene rings is 1. The monoisotopic (exact) mass is 542 g/mol. The van der Waals surface area contributed by atoms with Crippen LogP contribution in [0, 0.1) is 18.3 Å². The summed E-state index contributed by atoms with van der Waals surface area (Å²) in [6.07, 6.45) is 6.50. The molecule has 30 heavy (non-hydrogen) atoms. The summed E-state index contributed by atoms with van der Waals surface area (Å²) in [5, 5.41) is 17.9. The van der Waals surface area contributed by atoms with Gasteiger partial charge in [0.25, 0.3) is 0 Å². The second-order valence-corrected chi connectivity index (χ2v) is 9.63. The van der Waals surface area contributed by atoms with E-state index in [0.29, 0.717) is 30.0 Å². The zero-order chi connectivity index (χ0) is 19.8. The van der Waals surface area contributed by atoms with Crippen LogP contribution in [0.4, 0.5) is 0 Å². The minimum Gasteiger partial charge on any atom is -0.377 e. The minimum atomic E-state index is 0. The van der Waals surface area contributed by atoms with Gasteiger partial charge in [0.1, 0.15) is 12.4 Å². The lowest BCUT2D eigenvalue weighted by Crippen LogP contribution is -2.72. The molecule has 0 radical (unpaired) electrons. The first kappa shape index (κ1) is 22.0. The number of aromatic nitrogens is 3. The molecule has 9 heteroatoms. The molecule has 3 heterocycles. The van der Waals surface area contributed by atoms with Crippen LogP contribution in [-0.4, -0.2) is 46.0 Å². The standard InChI is InChI=1S/C21H30N6OS.HI/c1-14-25-26-17(27(14)2)13-23-20(22-10-6-15-5-3-12-29-15)24-18-16-7-11-28-19(16)21(18)8-4-9-21;/h3,5,12,16,18-19H,4,6-11,13H2,1-2H3,(H2,22,23,24);1H. The smallest absolute Gasteiger partial charge is 0.191 e. The van der Waals surface area contributed by atoms with Crippen LogP contribution in [0.3, 0.4) is 0 Å². The van der Waals surface area contributed by atoms with Gasteiger partial charge in [0.2, 0.25) is 0 Å². The Morgan fingerprint density at radius 2 is 2.27 bits per heavy atom. The van der Waals surface area contributed by atoms with Crippen LogP contribution in [0.2, 0.25) is 0 Å². The van der Waals surface area contributed by atoms with Crippen LogP contribution in [0.15, 0.2) is 22.5 Å². The zero-order valence-corrected chi connectivity index (χ0v) is 20.8. The number of ether oxygens (including phenoxy) is 1. The number of rotatable bonds is 6. The number of nitrogens with zero attached hydrogens (tertiary/aromatic N) is 4. The van der Waals surface area contributed by atoms with Crippen molar-refractivity contribution in [2.45, 2.75) is 57.7 Å². The quantitative estimate of drug-likeness (QED) is 0.334. The Morgan fingerprint density at radius 1 is 1.40 bits per heavy atom. The largest absolute Gasteiger partial charge is 0.377 e. The van der Waals surface area contributed by atoms with Crippen molar-refractivity contribution in [3.05, 3.63) is 34.0 Å². The fourth-order valence-corrected chi connectivity index (χ4v) is 5.96. The Kier molecular flexibility index (Phi) is 6.69. The Balaban J connectivity index is 0.00000218.